The van der Waals surface area contributed by atoms with Crippen molar-refractivity contribution in [3.63, 3.8) is 0 Å². The molecule has 6 nitrogen and oxygen atoms in total. The molecule has 2 rings (SSSR count). The molecule has 0 bridgehead atoms. The van der Waals surface area contributed by atoms with Crippen LogP contribution in [0.15, 0.2) is 35.1 Å². The second-order valence-corrected chi connectivity index (χ2v) is 5.54. The van der Waals surface area contributed by atoms with Gasteiger partial charge in [0.2, 0.25) is 0 Å². The quantitative estimate of drug-likeness (QED) is 0.323. The summed E-state index contributed by atoms with van der Waals surface area (Å²) in [4.78, 5) is 29.1. The van der Waals surface area contributed by atoms with Gasteiger partial charge < -0.3 is 15.5 Å². The van der Waals surface area contributed by atoms with Crippen molar-refractivity contribution in [2.45, 2.75) is 6.54 Å². The molecule has 8 heteroatoms. The average molecular weight is 353 g/mol. The monoisotopic (exact) mass is 352 g/mol. The molecule has 0 atom stereocenters. The molecule has 2 N–H and O–H groups in total. The Kier molecular flexibility index (Phi) is 6.31. The van der Waals surface area contributed by atoms with E-state index in [4.69, 9.17) is 11.6 Å². The third-order valence-electron chi connectivity index (χ3n) is 3.49. The minimum Gasteiger partial charge on any atom is -0.388 e. The number of hydrogen-bond donors (Lipinski definition) is 2. The highest BCUT2D eigenvalue weighted by Crippen LogP contribution is 2.28. The molecule has 0 fully saturated rings. The highest BCUT2D eigenvalue weighted by Gasteiger charge is 2.29. The molecule has 1 amide bonds. The Hall–Kier alpha value is -2.41. The lowest BCUT2D eigenvalue weighted by atomic mass is 10.1. The topological polar surface area (TPSA) is 74.3 Å². The molecular formula is C16H18ClFN4O2. The molecule has 1 aromatic rings. The fourth-order valence-electron chi connectivity index (χ4n) is 2.45. The maximum atomic E-state index is 12.5. The number of halogens is 2. The van der Waals surface area contributed by atoms with Crippen LogP contribution in [0.1, 0.15) is 15.9 Å². The van der Waals surface area contributed by atoms with E-state index in [9.17, 15) is 14.0 Å². The van der Waals surface area contributed by atoms with Gasteiger partial charge in [-0.2, -0.15) is 0 Å². The summed E-state index contributed by atoms with van der Waals surface area (Å²) in [5.74, 6) is 0.529. The van der Waals surface area contributed by atoms with Crippen LogP contribution in [0.5, 0.6) is 0 Å². The van der Waals surface area contributed by atoms with Gasteiger partial charge in [-0.05, 0) is 17.7 Å². The molecule has 0 spiro atoms. The van der Waals surface area contributed by atoms with Crippen LogP contribution in [-0.2, 0) is 11.3 Å². The lowest BCUT2D eigenvalue weighted by molar-refractivity contribution is -0.104. The standard InChI is InChI=1S/C16H18ClFN4O2/c1-19-15-14-9-22(16(24)13(14)2-4-21-15)8-11(6-12(17)10-23)7-20-5-3-18/h2,4,6-7,10,20H,3,5,8-9H2,1H3,(H,19,21). The number of hydrogen-bond acceptors (Lipinski definition) is 5. The van der Waals surface area contributed by atoms with Crippen LogP contribution in [0.4, 0.5) is 10.2 Å². The summed E-state index contributed by atoms with van der Waals surface area (Å²) >= 11 is 5.76. The van der Waals surface area contributed by atoms with E-state index >= 15 is 0 Å². The van der Waals surface area contributed by atoms with Gasteiger partial charge in [0.1, 0.15) is 12.5 Å². The van der Waals surface area contributed by atoms with Gasteiger partial charge in [0.15, 0.2) is 6.29 Å². The molecular weight excluding hydrogens is 335 g/mol. The zero-order valence-corrected chi connectivity index (χ0v) is 13.9. The summed E-state index contributed by atoms with van der Waals surface area (Å²) in [6, 6.07) is 1.68. The zero-order chi connectivity index (χ0) is 17.5. The van der Waals surface area contributed by atoms with Crippen molar-refractivity contribution in [3.05, 3.63) is 46.3 Å². The first kappa shape index (κ1) is 17.9. The van der Waals surface area contributed by atoms with E-state index in [0.29, 0.717) is 29.8 Å². The molecule has 2 heterocycles. The van der Waals surface area contributed by atoms with E-state index < -0.39 is 6.67 Å². The number of alkyl halides is 1. The number of carbonyl (C=O) groups is 2. The highest BCUT2D eigenvalue weighted by atomic mass is 35.5. The number of rotatable bonds is 8. The molecule has 0 radical (unpaired) electrons. The minimum absolute atomic E-state index is 0.00467. The van der Waals surface area contributed by atoms with E-state index in [2.05, 4.69) is 15.6 Å². The van der Waals surface area contributed by atoms with E-state index in [1.165, 1.54) is 6.08 Å². The number of allylic oxidation sites excluding steroid dienone is 1. The van der Waals surface area contributed by atoms with Crippen molar-refractivity contribution >= 4 is 29.6 Å². The van der Waals surface area contributed by atoms with Crippen molar-refractivity contribution in [2.24, 2.45) is 0 Å². The largest absolute Gasteiger partial charge is 0.388 e. The number of aldehydes is 1. The van der Waals surface area contributed by atoms with Crippen LogP contribution in [0.2, 0.25) is 0 Å². The maximum absolute atomic E-state index is 12.5. The van der Waals surface area contributed by atoms with Crippen LogP contribution in [-0.4, -0.2) is 48.9 Å². The number of aromatic nitrogens is 1. The number of nitrogens with zero attached hydrogens (tertiary/aromatic N) is 2. The summed E-state index contributed by atoms with van der Waals surface area (Å²) in [5.41, 5.74) is 2.02. The first-order valence-corrected chi connectivity index (χ1v) is 7.74. The molecule has 24 heavy (non-hydrogen) atoms. The van der Waals surface area contributed by atoms with Crippen LogP contribution in [0.25, 0.3) is 0 Å². The highest BCUT2D eigenvalue weighted by molar-refractivity contribution is 6.38. The molecule has 0 saturated heterocycles. The third-order valence-corrected chi connectivity index (χ3v) is 3.69. The lowest BCUT2D eigenvalue weighted by Crippen LogP contribution is -2.26. The van der Waals surface area contributed by atoms with E-state index in [0.717, 1.165) is 5.56 Å². The molecule has 1 aromatic heterocycles. The van der Waals surface area contributed by atoms with Crippen molar-refractivity contribution in [3.8, 4) is 0 Å². The van der Waals surface area contributed by atoms with Gasteiger partial charge in [0.25, 0.3) is 5.91 Å². The lowest BCUT2D eigenvalue weighted by Gasteiger charge is -2.17. The number of pyridine rings is 1. The zero-order valence-electron chi connectivity index (χ0n) is 13.2. The second-order valence-electron chi connectivity index (χ2n) is 5.11. The smallest absolute Gasteiger partial charge is 0.255 e. The molecule has 1 aliphatic heterocycles. The minimum atomic E-state index is -0.528. The molecule has 0 aliphatic carbocycles. The summed E-state index contributed by atoms with van der Waals surface area (Å²) in [6.45, 7) is 0.240. The van der Waals surface area contributed by atoms with Crippen molar-refractivity contribution in [1.82, 2.24) is 15.2 Å². The van der Waals surface area contributed by atoms with Gasteiger partial charge in [-0.3, -0.25) is 9.59 Å². The molecule has 0 saturated carbocycles. The normalized spacial score (nSPS) is 14.6. The van der Waals surface area contributed by atoms with Crippen LogP contribution in [0, 0.1) is 0 Å². The maximum Gasteiger partial charge on any atom is 0.255 e. The van der Waals surface area contributed by atoms with Crippen molar-refractivity contribution in [1.29, 1.82) is 0 Å². The Morgan fingerprint density at radius 3 is 3.00 bits per heavy atom. The fourth-order valence-corrected chi connectivity index (χ4v) is 2.59. The number of carbonyl (C=O) groups excluding carboxylic acids is 2. The first-order chi connectivity index (χ1) is 11.6. The fraction of sp³-hybridized carbons (Fsp3) is 0.312. The number of amides is 1. The Bertz CT molecular complexity index is 691. The van der Waals surface area contributed by atoms with E-state index in [1.807, 2.05) is 0 Å². The number of anilines is 1. The van der Waals surface area contributed by atoms with Gasteiger partial charge in [-0.1, -0.05) is 11.6 Å². The van der Waals surface area contributed by atoms with Gasteiger partial charge in [-0.25, -0.2) is 9.37 Å². The molecule has 0 aromatic carbocycles. The Morgan fingerprint density at radius 2 is 2.33 bits per heavy atom. The Morgan fingerprint density at radius 1 is 1.54 bits per heavy atom. The molecule has 128 valence electrons. The van der Waals surface area contributed by atoms with Crippen LogP contribution >= 0.6 is 11.6 Å². The third kappa shape index (κ3) is 4.11. The van der Waals surface area contributed by atoms with Gasteiger partial charge >= 0.3 is 0 Å². The summed E-state index contributed by atoms with van der Waals surface area (Å²) in [5, 5.41) is 5.75. The van der Waals surface area contributed by atoms with E-state index in [1.54, 1.807) is 30.4 Å². The van der Waals surface area contributed by atoms with E-state index in [-0.39, 0.29) is 24.0 Å². The van der Waals surface area contributed by atoms with Gasteiger partial charge in [0.05, 0.1) is 11.6 Å². The predicted octanol–water partition coefficient (Wildman–Crippen LogP) is 1.84. The predicted molar refractivity (Wildman–Crippen MR) is 90.6 cm³/mol. The summed E-state index contributed by atoms with van der Waals surface area (Å²) in [7, 11) is 1.74. The van der Waals surface area contributed by atoms with Crippen molar-refractivity contribution < 1.29 is 14.0 Å². The number of nitrogens with one attached hydrogen (secondary N) is 2. The van der Waals surface area contributed by atoms with Crippen molar-refractivity contribution in [2.75, 3.05) is 32.1 Å². The van der Waals surface area contributed by atoms with Gasteiger partial charge in [0, 0.05) is 43.7 Å². The number of fused-ring (bicyclic) bond motifs is 1. The molecule has 0 unspecified atom stereocenters. The average Bonchev–Trinajstić information content (AvgIpc) is 2.91. The van der Waals surface area contributed by atoms with Crippen LogP contribution < -0.4 is 10.6 Å². The molecule has 1 aliphatic rings. The van der Waals surface area contributed by atoms with Crippen LogP contribution in [0.3, 0.4) is 0 Å². The second kappa shape index (κ2) is 8.44. The van der Waals surface area contributed by atoms with Gasteiger partial charge in [-0.15, -0.1) is 0 Å². The Balaban J connectivity index is 2.20. The Labute approximate surface area is 144 Å². The first-order valence-electron chi connectivity index (χ1n) is 7.36. The summed E-state index contributed by atoms with van der Waals surface area (Å²) < 4.78 is 12.2. The SMILES string of the molecule is CNc1nccc2c1CN(CC(C=C(Cl)C=O)=CNCCF)C2=O. The summed E-state index contributed by atoms with van der Waals surface area (Å²) in [6.07, 6.45) is 5.09.